The molecule has 0 spiro atoms. The van der Waals surface area contributed by atoms with Crippen molar-refractivity contribution < 1.29 is 14.0 Å². The van der Waals surface area contributed by atoms with Crippen molar-refractivity contribution in [2.24, 2.45) is 0 Å². The van der Waals surface area contributed by atoms with Crippen molar-refractivity contribution in [3.05, 3.63) is 47.6 Å². The summed E-state index contributed by atoms with van der Waals surface area (Å²) in [7, 11) is 1.92. The molecule has 1 aromatic carbocycles. The van der Waals surface area contributed by atoms with Crippen molar-refractivity contribution in [3.63, 3.8) is 0 Å². The van der Waals surface area contributed by atoms with E-state index in [1.807, 2.05) is 25.2 Å². The fourth-order valence-electron chi connectivity index (χ4n) is 2.37. The maximum Gasteiger partial charge on any atom is 0.228 e. The molecule has 112 valence electrons. The molecule has 2 atom stereocenters. The van der Waals surface area contributed by atoms with Crippen LogP contribution in [-0.2, 0) is 15.9 Å². The summed E-state index contributed by atoms with van der Waals surface area (Å²) in [6.07, 6.45) is 0.419. The average Bonchev–Trinajstić information content (AvgIpc) is 3.03. The van der Waals surface area contributed by atoms with Gasteiger partial charge in [0.2, 0.25) is 11.7 Å². The normalized spacial score (nSPS) is 20.3. The van der Waals surface area contributed by atoms with E-state index < -0.39 is 0 Å². The van der Waals surface area contributed by atoms with Gasteiger partial charge in [0, 0.05) is 12.5 Å². The van der Waals surface area contributed by atoms with Crippen LogP contribution in [-0.4, -0.2) is 37.0 Å². The van der Waals surface area contributed by atoms with Gasteiger partial charge in [0.1, 0.15) is 6.10 Å². The summed E-state index contributed by atoms with van der Waals surface area (Å²) in [4.78, 5) is 4.42. The first-order valence-corrected chi connectivity index (χ1v) is 7.11. The Balaban J connectivity index is 1.68. The highest BCUT2D eigenvalue weighted by atomic mass is 16.6. The van der Waals surface area contributed by atoms with Crippen LogP contribution in [0, 0.1) is 0 Å². The number of ether oxygens (including phenoxy) is 2. The zero-order valence-electron chi connectivity index (χ0n) is 12.0. The third-order valence-electron chi connectivity index (χ3n) is 3.52. The molecule has 3 rings (SSSR count). The van der Waals surface area contributed by atoms with Crippen LogP contribution in [0.25, 0.3) is 0 Å². The Bertz CT molecular complexity index is 552. The molecule has 2 heterocycles. The molecule has 0 saturated carbocycles. The lowest BCUT2D eigenvalue weighted by Crippen LogP contribution is -2.23. The van der Waals surface area contributed by atoms with Gasteiger partial charge in [-0.2, -0.15) is 4.98 Å². The second-order valence-electron chi connectivity index (χ2n) is 4.94. The van der Waals surface area contributed by atoms with Gasteiger partial charge in [-0.15, -0.1) is 0 Å². The predicted octanol–water partition coefficient (Wildman–Crippen LogP) is 1.66. The summed E-state index contributed by atoms with van der Waals surface area (Å²) >= 11 is 0. The van der Waals surface area contributed by atoms with E-state index in [2.05, 4.69) is 27.6 Å². The summed E-state index contributed by atoms with van der Waals surface area (Å²) in [6.45, 7) is 1.67. The number of nitrogens with one attached hydrogen (secondary N) is 1. The topological polar surface area (TPSA) is 69.4 Å². The van der Waals surface area contributed by atoms with Gasteiger partial charge in [-0.25, -0.2) is 0 Å². The van der Waals surface area contributed by atoms with Gasteiger partial charge < -0.3 is 19.3 Å². The first kappa shape index (κ1) is 14.2. The van der Waals surface area contributed by atoms with Crippen LogP contribution in [0.2, 0.25) is 0 Å². The minimum atomic E-state index is -0.221. The maximum absolute atomic E-state index is 5.57. The van der Waals surface area contributed by atoms with Gasteiger partial charge >= 0.3 is 0 Å². The zero-order valence-corrected chi connectivity index (χ0v) is 12.0. The number of hydrogen-bond acceptors (Lipinski definition) is 6. The summed E-state index contributed by atoms with van der Waals surface area (Å²) in [6, 6.07) is 10.3. The van der Waals surface area contributed by atoms with E-state index in [-0.39, 0.29) is 12.1 Å². The van der Waals surface area contributed by atoms with Crippen LogP contribution < -0.4 is 5.32 Å². The molecule has 21 heavy (non-hydrogen) atoms. The molecule has 1 saturated heterocycles. The standard InChI is InChI=1S/C15H19N3O3/c1-16-12(11-5-3-2-4-6-11)9-14-17-15(18-21-14)13-10-19-7-8-20-13/h2-6,12-13,16H,7-10H2,1H3. The third kappa shape index (κ3) is 3.47. The molecule has 1 fully saturated rings. The van der Waals surface area contributed by atoms with E-state index in [1.165, 1.54) is 5.56 Å². The molecule has 1 aliphatic rings. The molecule has 0 radical (unpaired) electrons. The number of benzene rings is 1. The quantitative estimate of drug-likeness (QED) is 0.903. The lowest BCUT2D eigenvalue weighted by Gasteiger charge is -2.19. The Morgan fingerprint density at radius 1 is 1.29 bits per heavy atom. The molecule has 6 heteroatoms. The molecule has 2 aromatic rings. The number of nitrogens with zero attached hydrogens (tertiary/aromatic N) is 2. The van der Waals surface area contributed by atoms with Crippen molar-refractivity contribution in [2.75, 3.05) is 26.9 Å². The Morgan fingerprint density at radius 2 is 2.14 bits per heavy atom. The molecule has 0 bridgehead atoms. The van der Waals surface area contributed by atoms with Gasteiger partial charge in [0.15, 0.2) is 0 Å². The molecule has 1 aromatic heterocycles. The highest BCUT2D eigenvalue weighted by Crippen LogP contribution is 2.21. The number of likely N-dealkylation sites (N-methyl/N-ethyl adjacent to an activating group) is 1. The second kappa shape index (κ2) is 6.80. The van der Waals surface area contributed by atoms with Gasteiger partial charge in [-0.1, -0.05) is 35.5 Å². The lowest BCUT2D eigenvalue weighted by molar-refractivity contribution is -0.0941. The number of aromatic nitrogens is 2. The molecule has 6 nitrogen and oxygen atoms in total. The summed E-state index contributed by atoms with van der Waals surface area (Å²) in [5.41, 5.74) is 1.19. The van der Waals surface area contributed by atoms with Crippen molar-refractivity contribution in [3.8, 4) is 0 Å². The fourth-order valence-corrected chi connectivity index (χ4v) is 2.37. The van der Waals surface area contributed by atoms with Crippen molar-refractivity contribution >= 4 is 0 Å². The van der Waals surface area contributed by atoms with E-state index in [9.17, 15) is 0 Å². The van der Waals surface area contributed by atoms with Crippen LogP contribution in [0.4, 0.5) is 0 Å². The summed E-state index contributed by atoms with van der Waals surface area (Å²) in [5.74, 6) is 1.16. The second-order valence-corrected chi connectivity index (χ2v) is 4.94. The summed E-state index contributed by atoms with van der Waals surface area (Å²) < 4.78 is 16.3. The first-order chi connectivity index (χ1) is 10.4. The molecule has 2 unspecified atom stereocenters. The molecular formula is C15H19N3O3. The van der Waals surface area contributed by atoms with Crippen LogP contribution in [0.1, 0.15) is 29.4 Å². The predicted molar refractivity (Wildman–Crippen MR) is 75.8 cm³/mol. The molecular weight excluding hydrogens is 270 g/mol. The molecule has 0 amide bonds. The molecule has 1 N–H and O–H groups in total. The minimum Gasteiger partial charge on any atom is -0.376 e. The Kier molecular flexibility index (Phi) is 4.59. The van der Waals surface area contributed by atoms with Crippen molar-refractivity contribution in [1.29, 1.82) is 0 Å². The van der Waals surface area contributed by atoms with Crippen LogP contribution in [0.15, 0.2) is 34.9 Å². The van der Waals surface area contributed by atoms with Gasteiger partial charge in [0.25, 0.3) is 0 Å². The maximum atomic E-state index is 5.57. The Hall–Kier alpha value is -1.76. The number of hydrogen-bond donors (Lipinski definition) is 1. The van der Waals surface area contributed by atoms with E-state index in [0.717, 1.165) is 0 Å². The highest BCUT2D eigenvalue weighted by molar-refractivity contribution is 5.19. The van der Waals surface area contributed by atoms with E-state index in [0.29, 0.717) is 38.0 Å². The lowest BCUT2D eigenvalue weighted by atomic mass is 10.0. The van der Waals surface area contributed by atoms with Crippen LogP contribution in [0.3, 0.4) is 0 Å². The highest BCUT2D eigenvalue weighted by Gasteiger charge is 2.23. The summed E-state index contributed by atoms with van der Waals surface area (Å²) in [5, 5.41) is 7.27. The van der Waals surface area contributed by atoms with Crippen LogP contribution in [0.5, 0.6) is 0 Å². The SMILES string of the molecule is CNC(Cc1nc(C2COCCO2)no1)c1ccccc1. The zero-order chi connectivity index (χ0) is 14.5. The van der Waals surface area contributed by atoms with Gasteiger partial charge in [-0.05, 0) is 12.6 Å². The Labute approximate surface area is 123 Å². The van der Waals surface area contributed by atoms with Gasteiger partial charge in [0.05, 0.1) is 19.8 Å². The Morgan fingerprint density at radius 3 is 2.86 bits per heavy atom. The van der Waals surface area contributed by atoms with Crippen LogP contribution >= 0.6 is 0 Å². The number of rotatable bonds is 5. The largest absolute Gasteiger partial charge is 0.376 e. The monoisotopic (exact) mass is 289 g/mol. The molecule has 0 aliphatic carbocycles. The van der Waals surface area contributed by atoms with E-state index in [4.69, 9.17) is 14.0 Å². The van der Waals surface area contributed by atoms with Crippen molar-refractivity contribution in [2.45, 2.75) is 18.6 Å². The third-order valence-corrected chi connectivity index (χ3v) is 3.52. The van der Waals surface area contributed by atoms with Gasteiger partial charge in [-0.3, -0.25) is 0 Å². The van der Waals surface area contributed by atoms with Crippen molar-refractivity contribution in [1.82, 2.24) is 15.5 Å². The first-order valence-electron chi connectivity index (χ1n) is 7.11. The smallest absolute Gasteiger partial charge is 0.228 e. The average molecular weight is 289 g/mol. The fraction of sp³-hybridized carbons (Fsp3) is 0.467. The minimum absolute atomic E-state index is 0.142. The molecule has 1 aliphatic heterocycles. The van der Waals surface area contributed by atoms with E-state index in [1.54, 1.807) is 0 Å². The van der Waals surface area contributed by atoms with E-state index >= 15 is 0 Å².